The Labute approximate surface area is 423 Å². The molecular weight excluding hydrogens is 889 g/mol. The first-order valence-electron chi connectivity index (χ1n) is 24.9. The fourth-order valence-electron chi connectivity index (χ4n) is 12.2. The predicted octanol–water partition coefficient (Wildman–Crippen LogP) is 17.7. The molecular formula is C67H44N6. The van der Waals surface area contributed by atoms with Gasteiger partial charge in [-0.25, -0.2) is 0 Å². The molecule has 0 atom stereocenters. The normalized spacial score (nSPS) is 13.8. The molecule has 0 bridgehead atoms. The number of hydrogen-bond acceptors (Lipinski definition) is 6. The minimum Gasteiger partial charge on any atom is -0.306 e. The van der Waals surface area contributed by atoms with Crippen molar-refractivity contribution in [3.8, 4) is 11.1 Å². The highest BCUT2D eigenvalue weighted by Gasteiger charge is 2.48. The second kappa shape index (κ2) is 16.1. The maximum atomic E-state index is 4.74. The quantitative estimate of drug-likeness (QED) is 0.155. The van der Waals surface area contributed by atoms with Crippen LogP contribution < -0.4 is 19.6 Å². The zero-order valence-electron chi connectivity index (χ0n) is 39.6. The smallest absolute Gasteiger partial charge is 0.0744 e. The molecule has 73 heavy (non-hydrogen) atoms. The molecule has 12 aromatic rings. The van der Waals surface area contributed by atoms with Crippen LogP contribution in [-0.2, 0) is 5.41 Å². The number of fused-ring (bicyclic) bond motifs is 9. The molecule has 3 aliphatic rings. The van der Waals surface area contributed by atoms with Crippen molar-refractivity contribution in [2.24, 2.45) is 0 Å². The maximum Gasteiger partial charge on any atom is 0.0744 e. The summed E-state index contributed by atoms with van der Waals surface area (Å²) < 4.78 is 0. The van der Waals surface area contributed by atoms with Gasteiger partial charge < -0.3 is 19.6 Å². The second-order valence-electron chi connectivity index (χ2n) is 19.1. The minimum atomic E-state index is -0.676. The Morgan fingerprint density at radius 1 is 0.260 bits per heavy atom. The summed E-state index contributed by atoms with van der Waals surface area (Å²) in [5, 5.41) is 4.71. The van der Waals surface area contributed by atoms with Gasteiger partial charge in [-0.1, -0.05) is 121 Å². The lowest BCUT2D eigenvalue weighted by molar-refractivity contribution is 0.757. The average molecular weight is 933 g/mol. The monoisotopic (exact) mass is 932 g/mol. The second-order valence-corrected chi connectivity index (χ2v) is 19.1. The van der Waals surface area contributed by atoms with Crippen molar-refractivity contribution in [1.82, 2.24) is 9.97 Å². The van der Waals surface area contributed by atoms with Gasteiger partial charge in [0, 0.05) is 47.5 Å². The summed E-state index contributed by atoms with van der Waals surface area (Å²) in [5.74, 6) is 0. The fourth-order valence-corrected chi connectivity index (χ4v) is 12.2. The molecule has 10 aromatic carbocycles. The van der Waals surface area contributed by atoms with Gasteiger partial charge in [0.2, 0.25) is 0 Å². The molecule has 0 saturated heterocycles. The van der Waals surface area contributed by atoms with E-state index in [4.69, 9.17) is 9.97 Å². The zero-order valence-corrected chi connectivity index (χ0v) is 39.6. The van der Waals surface area contributed by atoms with Crippen LogP contribution in [-0.4, -0.2) is 9.97 Å². The number of anilines is 12. The Kier molecular flexibility index (Phi) is 9.07. The minimum absolute atomic E-state index is 0.676. The summed E-state index contributed by atoms with van der Waals surface area (Å²) in [6.45, 7) is 0. The first-order valence-corrected chi connectivity index (χ1v) is 24.9. The lowest BCUT2D eigenvalue weighted by Crippen LogP contribution is -2.30. The highest BCUT2D eigenvalue weighted by molar-refractivity contribution is 6.08. The van der Waals surface area contributed by atoms with Crippen molar-refractivity contribution < 1.29 is 0 Å². The number of para-hydroxylation sites is 8. The molecule has 1 aliphatic carbocycles. The molecule has 2 aliphatic heterocycles. The van der Waals surface area contributed by atoms with E-state index in [1.54, 1.807) is 0 Å². The number of rotatable bonds is 6. The van der Waals surface area contributed by atoms with Gasteiger partial charge >= 0.3 is 0 Å². The predicted molar refractivity (Wildman–Crippen MR) is 300 cm³/mol. The third-order valence-electron chi connectivity index (χ3n) is 15.2. The van der Waals surface area contributed by atoms with Crippen molar-refractivity contribution in [2.75, 3.05) is 19.6 Å². The Bertz CT molecular complexity index is 4040. The molecule has 0 saturated carbocycles. The number of aromatic nitrogens is 2. The van der Waals surface area contributed by atoms with E-state index in [1.165, 1.54) is 43.8 Å². The van der Waals surface area contributed by atoms with E-state index in [-0.39, 0.29) is 0 Å². The first kappa shape index (κ1) is 41.0. The number of benzene rings is 10. The van der Waals surface area contributed by atoms with E-state index in [1.807, 2.05) is 24.8 Å². The summed E-state index contributed by atoms with van der Waals surface area (Å²) in [6, 6.07) is 88.6. The maximum absolute atomic E-state index is 4.74. The summed E-state index contributed by atoms with van der Waals surface area (Å²) in [6.07, 6.45) is 7.78. The van der Waals surface area contributed by atoms with Gasteiger partial charge in [0.05, 0.1) is 50.9 Å². The molecule has 0 spiro atoms. The van der Waals surface area contributed by atoms with Crippen molar-refractivity contribution in [3.63, 3.8) is 0 Å². The molecule has 0 unspecified atom stereocenters. The van der Waals surface area contributed by atoms with Crippen molar-refractivity contribution in [2.45, 2.75) is 5.41 Å². The molecule has 0 radical (unpaired) electrons. The van der Waals surface area contributed by atoms with Crippen LogP contribution in [0.25, 0.3) is 32.7 Å². The lowest BCUT2D eigenvalue weighted by Gasteiger charge is -2.41. The largest absolute Gasteiger partial charge is 0.306 e. The standard InChI is InChI=1S/C67H44N6/c1-3-19-51(20-4-1)70-59-25-9-12-28-62(59)72(63-29-13-10-26-60(63)70)53-33-31-45-38-48-40-54(34-32-46(48)37-47(45)39-53)73-64-30-14-11-27-61(64)71(52-21-5-2-6-22-52)65-41-56-55-23-7-8-24-57(55)67(58(56)42-66(65)73,49-17-15-35-68-43-49)50-18-16-36-69-44-50/h1-44H. The molecule has 15 rings (SSSR count). The van der Waals surface area contributed by atoms with E-state index in [0.717, 1.165) is 79.4 Å². The van der Waals surface area contributed by atoms with Crippen LogP contribution in [0.4, 0.5) is 68.2 Å². The summed E-state index contributed by atoms with van der Waals surface area (Å²) in [5.41, 5.74) is 19.7. The van der Waals surface area contributed by atoms with Crippen LogP contribution in [0, 0.1) is 0 Å². The van der Waals surface area contributed by atoms with Crippen molar-refractivity contribution in [1.29, 1.82) is 0 Å². The molecule has 0 N–H and O–H groups in total. The van der Waals surface area contributed by atoms with Gasteiger partial charge in [-0.15, -0.1) is 0 Å². The SMILES string of the molecule is c1ccc(N2c3ccccc3N(c3ccc4cc5cc(N6c7ccccc7N(c7ccccc7)c7cc8c(cc76)C(c6cccnc6)(c6cccnc6)c6ccccc6-8)ccc5cc4c3)c3ccccc32)cc1. The van der Waals surface area contributed by atoms with Gasteiger partial charge in [0.25, 0.3) is 0 Å². The van der Waals surface area contributed by atoms with Crippen LogP contribution >= 0.6 is 0 Å². The van der Waals surface area contributed by atoms with Crippen LogP contribution in [0.15, 0.2) is 267 Å². The Morgan fingerprint density at radius 3 is 1.15 bits per heavy atom. The summed E-state index contributed by atoms with van der Waals surface area (Å²) in [7, 11) is 0. The van der Waals surface area contributed by atoms with Crippen LogP contribution in [0.2, 0.25) is 0 Å². The Balaban J connectivity index is 0.909. The van der Waals surface area contributed by atoms with Crippen molar-refractivity contribution >= 4 is 89.8 Å². The van der Waals surface area contributed by atoms with Crippen LogP contribution in [0.1, 0.15) is 22.3 Å². The van der Waals surface area contributed by atoms with Crippen LogP contribution in [0.5, 0.6) is 0 Å². The average Bonchev–Trinajstić information content (AvgIpc) is 3.75. The van der Waals surface area contributed by atoms with Crippen molar-refractivity contribution in [3.05, 3.63) is 290 Å². The van der Waals surface area contributed by atoms with Gasteiger partial charge in [-0.2, -0.15) is 0 Å². The van der Waals surface area contributed by atoms with Gasteiger partial charge in [-0.3, -0.25) is 9.97 Å². The van der Waals surface area contributed by atoms with Gasteiger partial charge in [0.1, 0.15) is 0 Å². The number of hydrogen-bond donors (Lipinski definition) is 0. The van der Waals surface area contributed by atoms with Gasteiger partial charge in [-0.05, 0) is 176 Å². The van der Waals surface area contributed by atoms with E-state index < -0.39 is 5.41 Å². The van der Waals surface area contributed by atoms with Crippen LogP contribution in [0.3, 0.4) is 0 Å². The molecule has 4 heterocycles. The summed E-state index contributed by atoms with van der Waals surface area (Å²) in [4.78, 5) is 19.2. The third kappa shape index (κ3) is 6.11. The van der Waals surface area contributed by atoms with E-state index in [9.17, 15) is 0 Å². The third-order valence-corrected chi connectivity index (χ3v) is 15.2. The topological polar surface area (TPSA) is 38.7 Å². The lowest BCUT2D eigenvalue weighted by atomic mass is 9.68. The highest BCUT2D eigenvalue weighted by atomic mass is 15.3. The molecule has 0 fully saturated rings. The van der Waals surface area contributed by atoms with E-state index in [0.29, 0.717) is 0 Å². The van der Waals surface area contributed by atoms with Gasteiger partial charge in [0.15, 0.2) is 0 Å². The Morgan fingerprint density at radius 2 is 0.671 bits per heavy atom. The van der Waals surface area contributed by atoms with E-state index >= 15 is 0 Å². The molecule has 6 heteroatoms. The molecule has 6 nitrogen and oxygen atoms in total. The van der Waals surface area contributed by atoms with E-state index in [2.05, 4.69) is 262 Å². The molecule has 2 aromatic heterocycles. The fraction of sp³-hybridized carbons (Fsp3) is 0.0149. The highest BCUT2D eigenvalue weighted by Crippen LogP contribution is 2.62. The molecule has 342 valence electrons. The first-order chi connectivity index (χ1) is 36.2. The Hall–Kier alpha value is -9.78. The number of nitrogens with zero attached hydrogens (tertiary/aromatic N) is 6. The number of pyridine rings is 2. The zero-order chi connectivity index (χ0) is 48.0. The summed E-state index contributed by atoms with van der Waals surface area (Å²) >= 11 is 0. The molecule has 0 amide bonds.